The molecule has 0 radical (unpaired) electrons. The zero-order valence-electron chi connectivity index (χ0n) is 15.6. The highest BCUT2D eigenvalue weighted by molar-refractivity contribution is 9.10. The van der Waals surface area contributed by atoms with Gasteiger partial charge in [0.2, 0.25) is 0 Å². The van der Waals surface area contributed by atoms with Crippen molar-refractivity contribution in [1.82, 2.24) is 5.32 Å². The predicted octanol–water partition coefficient (Wildman–Crippen LogP) is 3.38. The number of thiophene rings is 1. The number of carbonyl (C=O) groups is 2. The first-order valence-electron chi connectivity index (χ1n) is 8.18. The number of hydrogen-bond acceptors (Lipinski definition) is 6. The fourth-order valence-electron chi connectivity index (χ4n) is 2.32. The molecule has 4 N–H and O–H groups in total. The molecule has 150 valence electrons. The van der Waals surface area contributed by atoms with E-state index in [4.69, 9.17) is 27.4 Å². The van der Waals surface area contributed by atoms with E-state index in [0.717, 1.165) is 10.4 Å². The molecule has 0 fully saturated rings. The lowest BCUT2D eigenvalue weighted by Gasteiger charge is -2.11. The normalized spacial score (nSPS) is 10.4. The third kappa shape index (κ3) is 5.51. The number of primary amides is 1. The molecule has 10 heteroatoms. The van der Waals surface area contributed by atoms with Crippen LogP contribution in [0, 0.1) is 13.8 Å². The van der Waals surface area contributed by atoms with Crippen molar-refractivity contribution in [3.63, 3.8) is 0 Å². The molecule has 0 aliphatic rings. The quantitative estimate of drug-likeness (QED) is 0.410. The Morgan fingerprint density at radius 1 is 1.29 bits per heavy atom. The minimum Gasteiger partial charge on any atom is -0.490 e. The van der Waals surface area contributed by atoms with Gasteiger partial charge in [-0.2, -0.15) is 0 Å². The van der Waals surface area contributed by atoms with Gasteiger partial charge >= 0.3 is 0 Å². The highest BCUT2D eigenvalue weighted by Gasteiger charge is 2.19. The monoisotopic (exact) mass is 485 g/mol. The summed E-state index contributed by atoms with van der Waals surface area (Å²) >= 11 is 9.93. The average Bonchev–Trinajstić information content (AvgIpc) is 2.89. The first-order chi connectivity index (χ1) is 13.2. The van der Waals surface area contributed by atoms with Gasteiger partial charge in [0.05, 0.1) is 16.6 Å². The molecule has 7 nitrogen and oxygen atoms in total. The van der Waals surface area contributed by atoms with Crippen LogP contribution in [0.4, 0.5) is 5.00 Å². The number of nitrogens with two attached hydrogens (primary N) is 1. The molecular formula is C18H20BrN3O4S2. The van der Waals surface area contributed by atoms with E-state index in [1.807, 2.05) is 13.8 Å². The molecule has 2 amide bonds. The lowest BCUT2D eigenvalue weighted by Crippen LogP contribution is -2.34. The Morgan fingerprint density at radius 2 is 2.00 bits per heavy atom. The summed E-state index contributed by atoms with van der Waals surface area (Å²) in [6.07, 6.45) is 0. The zero-order valence-corrected chi connectivity index (χ0v) is 18.8. The minimum absolute atomic E-state index is 0.0743. The number of thiocarbonyl (C=S) groups is 1. The molecule has 0 spiro atoms. The number of benzene rings is 1. The second-order valence-corrected chi connectivity index (χ2v) is 8.23. The zero-order chi connectivity index (χ0) is 20.8. The average molecular weight is 486 g/mol. The van der Waals surface area contributed by atoms with E-state index < -0.39 is 11.8 Å². The topological polar surface area (TPSA) is 103 Å². The van der Waals surface area contributed by atoms with E-state index in [1.54, 1.807) is 25.3 Å². The Hall–Kier alpha value is -2.01. The standard InChI is InChI=1S/C18H20BrN3O4S2/c1-9-10(2)28-17(14(9)15(20)23)22-18(27)21-16(24)11-4-5-13(12(19)8-11)26-7-6-25-3/h4-5,8H,6-7H2,1-3H3,(H2,20,23)(H2,21,22,24,27). The van der Waals surface area contributed by atoms with Crippen LogP contribution in [-0.4, -0.2) is 37.3 Å². The molecule has 1 aromatic heterocycles. The number of anilines is 1. The van der Waals surface area contributed by atoms with E-state index in [-0.39, 0.29) is 5.11 Å². The molecule has 0 unspecified atom stereocenters. The summed E-state index contributed by atoms with van der Waals surface area (Å²) in [5.41, 5.74) is 7.00. The van der Waals surface area contributed by atoms with E-state index in [9.17, 15) is 9.59 Å². The second kappa shape index (κ2) is 9.97. The number of amides is 2. The van der Waals surface area contributed by atoms with Gasteiger partial charge in [-0.3, -0.25) is 14.9 Å². The Balaban J connectivity index is 2.05. The molecule has 28 heavy (non-hydrogen) atoms. The molecule has 1 aromatic carbocycles. The molecule has 0 bridgehead atoms. The van der Waals surface area contributed by atoms with Crippen LogP contribution in [0.1, 0.15) is 31.2 Å². The summed E-state index contributed by atoms with van der Waals surface area (Å²) in [6, 6.07) is 4.94. The fourth-order valence-corrected chi connectivity index (χ4v) is 4.14. The van der Waals surface area contributed by atoms with Crippen LogP contribution in [0.5, 0.6) is 5.75 Å². The van der Waals surface area contributed by atoms with E-state index >= 15 is 0 Å². The van der Waals surface area contributed by atoms with Crippen LogP contribution in [0.25, 0.3) is 0 Å². The minimum atomic E-state index is -0.550. The highest BCUT2D eigenvalue weighted by Crippen LogP contribution is 2.32. The Labute approximate surface area is 180 Å². The number of methoxy groups -OCH3 is 1. The number of hydrogen-bond donors (Lipinski definition) is 3. The SMILES string of the molecule is COCCOc1ccc(C(=O)NC(=S)Nc2sc(C)c(C)c2C(N)=O)cc1Br. The maximum Gasteiger partial charge on any atom is 0.257 e. The number of ether oxygens (including phenoxy) is 2. The first-order valence-corrected chi connectivity index (χ1v) is 10.2. The molecular weight excluding hydrogens is 466 g/mol. The van der Waals surface area contributed by atoms with Crippen LogP contribution in [0.2, 0.25) is 0 Å². The van der Waals surface area contributed by atoms with Crippen LogP contribution < -0.4 is 21.1 Å². The van der Waals surface area contributed by atoms with Gasteiger partial charge in [0.25, 0.3) is 11.8 Å². The Kier molecular flexibility index (Phi) is 7.93. The van der Waals surface area contributed by atoms with Crippen molar-refractivity contribution in [3.8, 4) is 5.75 Å². The number of carbonyl (C=O) groups excluding carboxylic acids is 2. The molecule has 1 heterocycles. The van der Waals surface area contributed by atoms with Gasteiger partial charge in [-0.05, 0) is 65.8 Å². The lowest BCUT2D eigenvalue weighted by atomic mass is 10.1. The molecule has 0 aliphatic carbocycles. The summed E-state index contributed by atoms with van der Waals surface area (Å²) in [6.45, 7) is 4.56. The van der Waals surface area contributed by atoms with Crippen LogP contribution in [-0.2, 0) is 4.74 Å². The van der Waals surface area contributed by atoms with Gasteiger partial charge in [-0.15, -0.1) is 11.3 Å². The summed E-state index contributed by atoms with van der Waals surface area (Å²) in [4.78, 5) is 25.1. The third-order valence-corrected chi connectivity index (χ3v) is 5.77. The fraction of sp³-hybridized carbons (Fsp3) is 0.278. The summed E-state index contributed by atoms with van der Waals surface area (Å²) < 4.78 is 11.1. The molecule has 2 aromatic rings. The molecule has 0 atom stereocenters. The van der Waals surface area contributed by atoms with Gasteiger partial charge in [0, 0.05) is 17.6 Å². The second-order valence-electron chi connectivity index (χ2n) is 5.75. The van der Waals surface area contributed by atoms with Gasteiger partial charge in [0.1, 0.15) is 17.4 Å². The number of halogens is 1. The lowest BCUT2D eigenvalue weighted by molar-refractivity contribution is 0.0975. The maximum absolute atomic E-state index is 12.5. The molecule has 2 rings (SSSR count). The van der Waals surface area contributed by atoms with Crippen molar-refractivity contribution < 1.29 is 19.1 Å². The van der Waals surface area contributed by atoms with Crippen molar-refractivity contribution >= 4 is 61.4 Å². The van der Waals surface area contributed by atoms with Gasteiger partial charge < -0.3 is 20.5 Å². The van der Waals surface area contributed by atoms with Crippen molar-refractivity contribution in [2.75, 3.05) is 25.6 Å². The Morgan fingerprint density at radius 3 is 2.61 bits per heavy atom. The molecule has 0 saturated heterocycles. The molecule has 0 aliphatic heterocycles. The maximum atomic E-state index is 12.5. The van der Waals surface area contributed by atoms with Gasteiger partial charge in [-0.25, -0.2) is 0 Å². The van der Waals surface area contributed by atoms with E-state index in [1.165, 1.54) is 11.3 Å². The molecule has 0 saturated carbocycles. The highest BCUT2D eigenvalue weighted by atomic mass is 79.9. The van der Waals surface area contributed by atoms with Crippen molar-refractivity contribution in [3.05, 3.63) is 44.2 Å². The predicted molar refractivity (Wildman–Crippen MR) is 118 cm³/mol. The van der Waals surface area contributed by atoms with Crippen LogP contribution in [0.3, 0.4) is 0 Å². The first kappa shape index (κ1) is 22.3. The smallest absolute Gasteiger partial charge is 0.257 e. The summed E-state index contributed by atoms with van der Waals surface area (Å²) in [5, 5.41) is 6.06. The Bertz CT molecular complexity index is 914. The van der Waals surface area contributed by atoms with Gasteiger partial charge in [-0.1, -0.05) is 0 Å². The number of nitrogens with one attached hydrogen (secondary N) is 2. The largest absolute Gasteiger partial charge is 0.490 e. The summed E-state index contributed by atoms with van der Waals surface area (Å²) in [5.74, 6) is -0.344. The van der Waals surface area contributed by atoms with Gasteiger partial charge in [0.15, 0.2) is 5.11 Å². The van der Waals surface area contributed by atoms with E-state index in [0.29, 0.717) is 39.6 Å². The third-order valence-electron chi connectivity index (χ3n) is 3.82. The van der Waals surface area contributed by atoms with Crippen LogP contribution in [0.15, 0.2) is 22.7 Å². The van der Waals surface area contributed by atoms with E-state index in [2.05, 4.69) is 26.6 Å². The number of aryl methyl sites for hydroxylation is 1. The van der Waals surface area contributed by atoms with Crippen LogP contribution >= 0.6 is 39.5 Å². The summed E-state index contributed by atoms with van der Waals surface area (Å²) in [7, 11) is 1.59. The van der Waals surface area contributed by atoms with Crippen molar-refractivity contribution in [2.24, 2.45) is 5.73 Å². The number of rotatable bonds is 7. The van der Waals surface area contributed by atoms with Crippen molar-refractivity contribution in [1.29, 1.82) is 0 Å². The van der Waals surface area contributed by atoms with Crippen molar-refractivity contribution in [2.45, 2.75) is 13.8 Å².